The first-order chi connectivity index (χ1) is 5.79. The molecule has 0 aromatic carbocycles. The molecule has 0 saturated heterocycles. The van der Waals surface area contributed by atoms with Gasteiger partial charge in [-0.05, 0) is 25.0 Å². The van der Waals surface area contributed by atoms with Gasteiger partial charge in [-0.1, -0.05) is 12.2 Å². The second kappa shape index (κ2) is 2.70. The molecule has 2 rings (SSSR count). The Labute approximate surface area is 71.0 Å². The zero-order chi connectivity index (χ0) is 8.55. The van der Waals surface area contributed by atoms with E-state index in [1.54, 1.807) is 24.3 Å². The Bertz CT molecular complexity index is 256. The molecule has 2 nitrogen and oxygen atoms in total. The van der Waals surface area contributed by atoms with Gasteiger partial charge in [0.15, 0.2) is 11.6 Å². The molecule has 2 aliphatic carbocycles. The van der Waals surface area contributed by atoms with Crippen LogP contribution in [0.15, 0.2) is 24.3 Å². The van der Waals surface area contributed by atoms with Gasteiger partial charge >= 0.3 is 0 Å². The highest BCUT2D eigenvalue weighted by atomic mass is 16.1. The molecular formula is C10H10O2. The summed E-state index contributed by atoms with van der Waals surface area (Å²) in [4.78, 5) is 22.6. The average molecular weight is 162 g/mol. The third-order valence-corrected chi connectivity index (χ3v) is 2.56. The number of hydrogen-bond donors (Lipinski definition) is 0. The summed E-state index contributed by atoms with van der Waals surface area (Å²) in [5, 5.41) is 0. The van der Waals surface area contributed by atoms with E-state index in [0.29, 0.717) is 0 Å². The zero-order valence-electron chi connectivity index (χ0n) is 6.69. The maximum atomic E-state index is 11.3. The summed E-state index contributed by atoms with van der Waals surface area (Å²) >= 11 is 0. The van der Waals surface area contributed by atoms with Crippen LogP contribution in [0.25, 0.3) is 0 Å². The highest BCUT2D eigenvalue weighted by Crippen LogP contribution is 2.30. The van der Waals surface area contributed by atoms with Gasteiger partial charge in [0.05, 0.1) is 0 Å². The van der Waals surface area contributed by atoms with E-state index in [9.17, 15) is 9.59 Å². The van der Waals surface area contributed by atoms with E-state index in [4.69, 9.17) is 0 Å². The monoisotopic (exact) mass is 162 g/mol. The van der Waals surface area contributed by atoms with Crippen LogP contribution < -0.4 is 0 Å². The molecule has 0 aliphatic heterocycles. The van der Waals surface area contributed by atoms with E-state index in [1.807, 2.05) is 0 Å². The third-order valence-electron chi connectivity index (χ3n) is 2.56. The van der Waals surface area contributed by atoms with Gasteiger partial charge in [0.1, 0.15) is 0 Å². The minimum absolute atomic E-state index is 0.0625. The number of ketones is 2. The molecule has 2 unspecified atom stereocenters. The second-order valence-corrected chi connectivity index (χ2v) is 3.29. The number of fused-ring (bicyclic) bond motifs is 1. The van der Waals surface area contributed by atoms with Gasteiger partial charge in [-0.15, -0.1) is 0 Å². The maximum absolute atomic E-state index is 11.3. The lowest BCUT2D eigenvalue weighted by Gasteiger charge is -2.26. The zero-order valence-corrected chi connectivity index (χ0v) is 6.69. The molecule has 0 N–H and O–H groups in total. The van der Waals surface area contributed by atoms with Crippen molar-refractivity contribution in [2.75, 3.05) is 0 Å². The third kappa shape index (κ3) is 1.04. The van der Waals surface area contributed by atoms with Crippen molar-refractivity contribution >= 4 is 11.6 Å². The van der Waals surface area contributed by atoms with E-state index in [-0.39, 0.29) is 23.4 Å². The van der Waals surface area contributed by atoms with E-state index < -0.39 is 0 Å². The fourth-order valence-corrected chi connectivity index (χ4v) is 1.87. The number of allylic oxidation sites excluding steroid dienone is 4. The van der Waals surface area contributed by atoms with Gasteiger partial charge in [0.2, 0.25) is 0 Å². The molecule has 0 spiro atoms. The predicted octanol–water partition coefficient (Wildman–Crippen LogP) is 1.28. The molecule has 2 aliphatic rings. The Morgan fingerprint density at radius 1 is 0.917 bits per heavy atom. The van der Waals surface area contributed by atoms with Crippen molar-refractivity contribution in [1.82, 2.24) is 0 Å². The summed E-state index contributed by atoms with van der Waals surface area (Å²) in [6.07, 6.45) is 8.29. The van der Waals surface area contributed by atoms with E-state index in [2.05, 4.69) is 0 Å². The summed E-state index contributed by atoms with van der Waals surface area (Å²) in [6.45, 7) is 0. The lowest BCUT2D eigenvalue weighted by atomic mass is 9.75. The Hall–Kier alpha value is -1.18. The van der Waals surface area contributed by atoms with Crippen LogP contribution in [-0.4, -0.2) is 11.6 Å². The molecule has 2 atom stereocenters. The minimum Gasteiger partial charge on any atom is -0.295 e. The van der Waals surface area contributed by atoms with Gasteiger partial charge in [-0.3, -0.25) is 9.59 Å². The molecule has 0 amide bonds. The molecule has 0 bridgehead atoms. The summed E-state index contributed by atoms with van der Waals surface area (Å²) in [5.74, 6) is 0.105. The second-order valence-electron chi connectivity index (χ2n) is 3.29. The van der Waals surface area contributed by atoms with Crippen molar-refractivity contribution in [3.05, 3.63) is 24.3 Å². The van der Waals surface area contributed by atoms with Crippen molar-refractivity contribution in [3.8, 4) is 0 Å². The summed E-state index contributed by atoms with van der Waals surface area (Å²) in [5.41, 5.74) is 0. The highest BCUT2D eigenvalue weighted by Gasteiger charge is 2.33. The molecule has 0 fully saturated rings. The van der Waals surface area contributed by atoms with E-state index in [1.165, 1.54) is 0 Å². The van der Waals surface area contributed by atoms with Crippen LogP contribution >= 0.6 is 0 Å². The van der Waals surface area contributed by atoms with Crippen LogP contribution in [-0.2, 0) is 9.59 Å². The maximum Gasteiger partial charge on any atom is 0.159 e. The SMILES string of the molecule is O=C1C=CCC2C(=O)C=CCC12. The van der Waals surface area contributed by atoms with E-state index in [0.717, 1.165) is 12.8 Å². The number of carbonyl (C=O) groups excluding carboxylic acids is 2. The number of rotatable bonds is 0. The van der Waals surface area contributed by atoms with Crippen LogP contribution in [0.1, 0.15) is 12.8 Å². The van der Waals surface area contributed by atoms with Gasteiger partial charge in [-0.25, -0.2) is 0 Å². The predicted molar refractivity (Wildman–Crippen MR) is 44.5 cm³/mol. The first-order valence-corrected chi connectivity index (χ1v) is 4.20. The molecule has 2 heteroatoms. The van der Waals surface area contributed by atoms with Crippen molar-refractivity contribution in [1.29, 1.82) is 0 Å². The minimum atomic E-state index is -0.0625. The molecule has 62 valence electrons. The highest BCUT2D eigenvalue weighted by molar-refractivity contribution is 6.02. The normalized spacial score (nSPS) is 33.7. The van der Waals surface area contributed by atoms with Gasteiger partial charge in [0, 0.05) is 11.8 Å². The number of carbonyl (C=O) groups is 2. The molecule has 12 heavy (non-hydrogen) atoms. The first-order valence-electron chi connectivity index (χ1n) is 4.20. The quantitative estimate of drug-likeness (QED) is 0.537. The average Bonchev–Trinajstić information content (AvgIpc) is 2.07. The molecule has 0 aromatic heterocycles. The van der Waals surface area contributed by atoms with Crippen molar-refractivity contribution in [3.63, 3.8) is 0 Å². The van der Waals surface area contributed by atoms with Crippen LogP contribution in [0.2, 0.25) is 0 Å². The summed E-state index contributed by atoms with van der Waals surface area (Å²) < 4.78 is 0. The van der Waals surface area contributed by atoms with Gasteiger partial charge in [0.25, 0.3) is 0 Å². The van der Waals surface area contributed by atoms with Crippen LogP contribution in [0, 0.1) is 11.8 Å². The standard InChI is InChI=1S/C10H10O2/c11-9-5-1-3-7-8(9)4-2-6-10(7)12/h1-2,5-8H,3-4H2. The fourth-order valence-electron chi connectivity index (χ4n) is 1.87. The van der Waals surface area contributed by atoms with Crippen molar-refractivity contribution in [2.24, 2.45) is 11.8 Å². The lowest BCUT2D eigenvalue weighted by molar-refractivity contribution is -0.128. The van der Waals surface area contributed by atoms with Crippen LogP contribution in [0.5, 0.6) is 0 Å². The Morgan fingerprint density at radius 2 is 1.33 bits per heavy atom. The molecule has 0 heterocycles. The van der Waals surface area contributed by atoms with Gasteiger partial charge in [-0.2, -0.15) is 0 Å². The first kappa shape index (κ1) is 7.47. The number of hydrogen-bond acceptors (Lipinski definition) is 2. The topological polar surface area (TPSA) is 34.1 Å². The molecule has 0 aromatic rings. The Kier molecular flexibility index (Phi) is 1.68. The molecular weight excluding hydrogens is 152 g/mol. The van der Waals surface area contributed by atoms with Gasteiger partial charge < -0.3 is 0 Å². The summed E-state index contributed by atoms with van der Waals surface area (Å²) in [6, 6.07) is 0. The van der Waals surface area contributed by atoms with Crippen LogP contribution in [0.4, 0.5) is 0 Å². The van der Waals surface area contributed by atoms with E-state index >= 15 is 0 Å². The lowest BCUT2D eigenvalue weighted by Crippen LogP contribution is -2.32. The Morgan fingerprint density at radius 3 is 1.75 bits per heavy atom. The molecule has 0 radical (unpaired) electrons. The van der Waals surface area contributed by atoms with Crippen molar-refractivity contribution in [2.45, 2.75) is 12.8 Å². The fraction of sp³-hybridized carbons (Fsp3) is 0.400. The summed E-state index contributed by atoms with van der Waals surface area (Å²) in [7, 11) is 0. The molecule has 0 saturated carbocycles. The Balaban J connectivity index is 2.31. The van der Waals surface area contributed by atoms with Crippen LogP contribution in [0.3, 0.4) is 0 Å². The smallest absolute Gasteiger partial charge is 0.159 e. The van der Waals surface area contributed by atoms with Crippen molar-refractivity contribution < 1.29 is 9.59 Å². The largest absolute Gasteiger partial charge is 0.295 e.